The first-order chi connectivity index (χ1) is 11.4. The molecule has 1 fully saturated rings. The number of nitrogens with zero attached hydrogens (tertiary/aromatic N) is 1. The SMILES string of the molecule is Cc1ccccc1CS(=O)(=O)Nc1ccc(N2CCOC2=O)cc1. The number of carbonyl (C=O) groups is 1. The van der Waals surface area contributed by atoms with E-state index in [1.807, 2.05) is 25.1 Å². The molecule has 0 aromatic heterocycles. The molecule has 126 valence electrons. The molecule has 7 heteroatoms. The maximum Gasteiger partial charge on any atom is 0.414 e. The average molecular weight is 346 g/mol. The summed E-state index contributed by atoms with van der Waals surface area (Å²) < 4.78 is 32.1. The number of nitrogens with one attached hydrogen (secondary N) is 1. The fourth-order valence-corrected chi connectivity index (χ4v) is 3.83. The van der Waals surface area contributed by atoms with Gasteiger partial charge < -0.3 is 4.74 Å². The third-order valence-corrected chi connectivity index (χ3v) is 5.06. The van der Waals surface area contributed by atoms with Gasteiger partial charge in [0, 0.05) is 11.4 Å². The Morgan fingerprint density at radius 1 is 1.12 bits per heavy atom. The Morgan fingerprint density at radius 2 is 1.83 bits per heavy atom. The van der Waals surface area contributed by atoms with Crippen LogP contribution in [0.25, 0.3) is 0 Å². The summed E-state index contributed by atoms with van der Waals surface area (Å²) in [5.41, 5.74) is 2.84. The quantitative estimate of drug-likeness (QED) is 0.903. The van der Waals surface area contributed by atoms with Gasteiger partial charge in [0.25, 0.3) is 0 Å². The molecular weight excluding hydrogens is 328 g/mol. The predicted octanol–water partition coefficient (Wildman–Crippen LogP) is 2.89. The van der Waals surface area contributed by atoms with Crippen LogP contribution in [0.5, 0.6) is 0 Å². The summed E-state index contributed by atoms with van der Waals surface area (Å²) in [6.45, 7) is 2.75. The fourth-order valence-electron chi connectivity index (χ4n) is 2.53. The van der Waals surface area contributed by atoms with Crippen LogP contribution in [0.15, 0.2) is 48.5 Å². The van der Waals surface area contributed by atoms with Crippen LogP contribution in [0.2, 0.25) is 0 Å². The van der Waals surface area contributed by atoms with Crippen LogP contribution >= 0.6 is 0 Å². The van der Waals surface area contributed by atoms with E-state index in [-0.39, 0.29) is 11.8 Å². The van der Waals surface area contributed by atoms with Gasteiger partial charge in [0.15, 0.2) is 0 Å². The molecular formula is C17H18N2O4S. The number of aryl methyl sites for hydroxylation is 1. The number of hydrogen-bond acceptors (Lipinski definition) is 4. The third-order valence-electron chi connectivity index (χ3n) is 3.82. The van der Waals surface area contributed by atoms with Gasteiger partial charge in [-0.05, 0) is 42.3 Å². The molecule has 0 radical (unpaired) electrons. The van der Waals surface area contributed by atoms with Crippen LogP contribution in [0, 0.1) is 6.92 Å². The molecule has 1 heterocycles. The van der Waals surface area contributed by atoms with E-state index >= 15 is 0 Å². The van der Waals surface area contributed by atoms with E-state index < -0.39 is 10.0 Å². The molecule has 1 saturated heterocycles. The first kappa shape index (κ1) is 16.3. The van der Waals surface area contributed by atoms with Crippen molar-refractivity contribution in [2.24, 2.45) is 0 Å². The lowest BCUT2D eigenvalue weighted by Crippen LogP contribution is -2.23. The van der Waals surface area contributed by atoms with E-state index in [2.05, 4.69) is 4.72 Å². The number of rotatable bonds is 5. The van der Waals surface area contributed by atoms with Gasteiger partial charge in [-0.25, -0.2) is 13.2 Å². The summed E-state index contributed by atoms with van der Waals surface area (Å²) in [7, 11) is -3.51. The van der Waals surface area contributed by atoms with Gasteiger partial charge in [-0.2, -0.15) is 0 Å². The van der Waals surface area contributed by atoms with Crippen LogP contribution in [0.4, 0.5) is 16.2 Å². The molecule has 0 bridgehead atoms. The van der Waals surface area contributed by atoms with E-state index in [9.17, 15) is 13.2 Å². The van der Waals surface area contributed by atoms with Crippen molar-refractivity contribution in [3.05, 3.63) is 59.7 Å². The minimum Gasteiger partial charge on any atom is -0.447 e. The van der Waals surface area contributed by atoms with E-state index in [0.29, 0.717) is 24.5 Å². The smallest absolute Gasteiger partial charge is 0.414 e. The lowest BCUT2D eigenvalue weighted by Gasteiger charge is -2.14. The Kier molecular flexibility index (Phi) is 4.44. The van der Waals surface area contributed by atoms with Gasteiger partial charge >= 0.3 is 6.09 Å². The molecule has 0 spiro atoms. The summed E-state index contributed by atoms with van der Waals surface area (Å²) in [5, 5.41) is 0. The largest absolute Gasteiger partial charge is 0.447 e. The molecule has 6 nitrogen and oxygen atoms in total. The molecule has 0 atom stereocenters. The van der Waals surface area contributed by atoms with Gasteiger partial charge in [-0.15, -0.1) is 0 Å². The highest BCUT2D eigenvalue weighted by Gasteiger charge is 2.23. The second kappa shape index (κ2) is 6.52. The first-order valence-electron chi connectivity index (χ1n) is 7.54. The van der Waals surface area contributed by atoms with Crippen molar-refractivity contribution in [3.8, 4) is 0 Å². The van der Waals surface area contributed by atoms with Crippen molar-refractivity contribution >= 4 is 27.5 Å². The Morgan fingerprint density at radius 3 is 2.46 bits per heavy atom. The van der Waals surface area contributed by atoms with Crippen LogP contribution < -0.4 is 9.62 Å². The normalized spacial score (nSPS) is 14.5. The van der Waals surface area contributed by atoms with E-state index in [4.69, 9.17) is 4.74 Å². The number of benzene rings is 2. The number of ether oxygens (including phenoxy) is 1. The second-order valence-electron chi connectivity index (χ2n) is 5.60. The minimum absolute atomic E-state index is 0.0835. The molecule has 3 rings (SSSR count). The summed E-state index contributed by atoms with van der Waals surface area (Å²) in [4.78, 5) is 13.0. The number of cyclic esters (lactones) is 1. The van der Waals surface area contributed by atoms with Crippen LogP contribution in [0.3, 0.4) is 0 Å². The fraction of sp³-hybridized carbons (Fsp3) is 0.235. The van der Waals surface area contributed by atoms with Crippen LogP contribution in [0.1, 0.15) is 11.1 Å². The monoisotopic (exact) mass is 346 g/mol. The van der Waals surface area contributed by atoms with Crippen molar-refractivity contribution in [1.82, 2.24) is 0 Å². The molecule has 0 unspecified atom stereocenters. The van der Waals surface area contributed by atoms with Gasteiger partial charge in [0.1, 0.15) is 6.61 Å². The summed E-state index contributed by atoms with van der Waals surface area (Å²) in [6.07, 6.45) is -0.386. The van der Waals surface area contributed by atoms with E-state index in [1.54, 1.807) is 30.3 Å². The highest BCUT2D eigenvalue weighted by molar-refractivity contribution is 7.91. The van der Waals surface area contributed by atoms with Gasteiger partial charge in [-0.1, -0.05) is 24.3 Å². The highest BCUT2D eigenvalue weighted by Crippen LogP contribution is 2.22. The molecule has 0 aliphatic carbocycles. The van der Waals surface area contributed by atoms with Crippen LogP contribution in [-0.4, -0.2) is 27.7 Å². The number of hydrogen-bond donors (Lipinski definition) is 1. The number of anilines is 2. The predicted molar refractivity (Wildman–Crippen MR) is 92.6 cm³/mol. The highest BCUT2D eigenvalue weighted by atomic mass is 32.2. The average Bonchev–Trinajstić information content (AvgIpc) is 2.96. The van der Waals surface area contributed by atoms with Crippen molar-refractivity contribution < 1.29 is 17.9 Å². The number of carbonyl (C=O) groups excluding carboxylic acids is 1. The Bertz CT molecular complexity index is 847. The van der Waals surface area contributed by atoms with Crippen molar-refractivity contribution in [3.63, 3.8) is 0 Å². The zero-order chi connectivity index (χ0) is 17.2. The van der Waals surface area contributed by atoms with Gasteiger partial charge in [0.2, 0.25) is 10.0 Å². The maximum absolute atomic E-state index is 12.3. The van der Waals surface area contributed by atoms with Gasteiger partial charge in [-0.3, -0.25) is 9.62 Å². The lowest BCUT2D eigenvalue weighted by molar-refractivity contribution is 0.181. The molecule has 24 heavy (non-hydrogen) atoms. The minimum atomic E-state index is -3.51. The van der Waals surface area contributed by atoms with E-state index in [1.165, 1.54) is 4.90 Å². The van der Waals surface area contributed by atoms with Crippen molar-refractivity contribution in [2.75, 3.05) is 22.8 Å². The molecule has 1 aliphatic rings. The number of amides is 1. The van der Waals surface area contributed by atoms with Crippen molar-refractivity contribution in [2.45, 2.75) is 12.7 Å². The first-order valence-corrected chi connectivity index (χ1v) is 9.19. The number of sulfonamides is 1. The van der Waals surface area contributed by atoms with Crippen molar-refractivity contribution in [1.29, 1.82) is 0 Å². The molecule has 1 N–H and O–H groups in total. The second-order valence-corrected chi connectivity index (χ2v) is 7.32. The Hall–Kier alpha value is -2.54. The molecule has 0 saturated carbocycles. The van der Waals surface area contributed by atoms with Gasteiger partial charge in [0.05, 0.1) is 12.3 Å². The molecule has 1 aliphatic heterocycles. The summed E-state index contributed by atoms with van der Waals surface area (Å²) >= 11 is 0. The standard InChI is InChI=1S/C17H18N2O4S/c1-13-4-2-3-5-14(13)12-24(21,22)18-15-6-8-16(9-7-15)19-10-11-23-17(19)20/h2-9,18H,10-12H2,1H3. The lowest BCUT2D eigenvalue weighted by atomic mass is 10.1. The molecule has 2 aromatic rings. The molecule has 2 aromatic carbocycles. The zero-order valence-corrected chi connectivity index (χ0v) is 14.0. The zero-order valence-electron chi connectivity index (χ0n) is 13.2. The summed E-state index contributed by atoms with van der Waals surface area (Å²) in [6, 6.07) is 14.0. The van der Waals surface area contributed by atoms with E-state index in [0.717, 1.165) is 11.1 Å². The Balaban J connectivity index is 1.71. The van der Waals surface area contributed by atoms with Crippen LogP contribution in [-0.2, 0) is 20.5 Å². The molecule has 1 amide bonds. The maximum atomic E-state index is 12.3. The third kappa shape index (κ3) is 3.68. The topological polar surface area (TPSA) is 75.7 Å². The Labute approximate surface area is 141 Å². The summed E-state index contributed by atoms with van der Waals surface area (Å²) in [5.74, 6) is -0.0835.